The number of hydrogen-bond acceptors (Lipinski definition) is 5. The summed E-state index contributed by atoms with van der Waals surface area (Å²) in [5.74, 6) is -0.252. The third kappa shape index (κ3) is 1.61. The highest BCUT2D eigenvalue weighted by molar-refractivity contribution is 5.85. The molecule has 0 aliphatic heterocycles. The number of hydrogen-bond donors (Lipinski definition) is 2. The van der Waals surface area contributed by atoms with Crippen LogP contribution in [0.2, 0.25) is 0 Å². The van der Waals surface area contributed by atoms with Gasteiger partial charge < -0.3 is 10.3 Å². The maximum atomic E-state index is 13.2. The zero-order valence-electron chi connectivity index (χ0n) is 9.09. The van der Waals surface area contributed by atoms with Gasteiger partial charge in [0.25, 0.3) is 0 Å². The van der Waals surface area contributed by atoms with Crippen molar-refractivity contribution in [3.05, 3.63) is 36.3 Å². The summed E-state index contributed by atoms with van der Waals surface area (Å²) in [5, 5.41) is 13.9. The van der Waals surface area contributed by atoms with Crippen LogP contribution in [-0.4, -0.2) is 20.6 Å². The second-order valence-corrected chi connectivity index (χ2v) is 3.64. The third-order valence-electron chi connectivity index (χ3n) is 2.49. The molecule has 0 fully saturated rings. The van der Waals surface area contributed by atoms with E-state index in [0.29, 0.717) is 22.5 Å². The standard InChI is InChI=1S/C11H8FN5O/c12-7-3-1-2-6(4-7)9-10(16-18-11(9)13)8-5-14-17-15-8/h1-5H,13H2,(H,14,15,17). The molecule has 0 amide bonds. The average molecular weight is 245 g/mol. The number of nitrogens with two attached hydrogens (primary N) is 1. The fraction of sp³-hybridized carbons (Fsp3) is 0. The van der Waals surface area contributed by atoms with Gasteiger partial charge in [-0.25, -0.2) is 4.39 Å². The number of nitrogens with zero attached hydrogens (tertiary/aromatic N) is 3. The van der Waals surface area contributed by atoms with Gasteiger partial charge in [0.2, 0.25) is 5.88 Å². The molecule has 6 nitrogen and oxygen atoms in total. The van der Waals surface area contributed by atoms with Gasteiger partial charge in [0.05, 0.1) is 11.8 Å². The molecule has 3 aromatic rings. The number of aromatic nitrogens is 4. The number of benzene rings is 1. The highest BCUT2D eigenvalue weighted by atomic mass is 19.1. The van der Waals surface area contributed by atoms with Gasteiger partial charge in [0.1, 0.15) is 17.2 Å². The van der Waals surface area contributed by atoms with Gasteiger partial charge in [-0.2, -0.15) is 15.4 Å². The molecule has 0 radical (unpaired) electrons. The molecule has 0 aliphatic rings. The van der Waals surface area contributed by atoms with Crippen LogP contribution in [0, 0.1) is 5.82 Å². The first-order valence-corrected chi connectivity index (χ1v) is 5.13. The second kappa shape index (κ2) is 3.95. The van der Waals surface area contributed by atoms with Crippen LogP contribution in [0.4, 0.5) is 10.3 Å². The SMILES string of the molecule is Nc1onc(-c2cn[nH]n2)c1-c1cccc(F)c1. The molecule has 0 unspecified atom stereocenters. The number of anilines is 1. The summed E-state index contributed by atoms with van der Waals surface area (Å²) in [6.45, 7) is 0. The van der Waals surface area contributed by atoms with Crippen molar-refractivity contribution in [1.82, 2.24) is 20.6 Å². The Bertz CT molecular complexity index is 677. The van der Waals surface area contributed by atoms with Gasteiger partial charge >= 0.3 is 0 Å². The van der Waals surface area contributed by atoms with Crippen molar-refractivity contribution in [1.29, 1.82) is 0 Å². The molecule has 0 atom stereocenters. The normalized spacial score (nSPS) is 10.7. The van der Waals surface area contributed by atoms with Gasteiger partial charge in [-0.3, -0.25) is 0 Å². The molecule has 3 N–H and O–H groups in total. The zero-order valence-corrected chi connectivity index (χ0v) is 9.09. The van der Waals surface area contributed by atoms with Crippen LogP contribution in [0.5, 0.6) is 0 Å². The van der Waals surface area contributed by atoms with Crippen LogP contribution < -0.4 is 5.73 Å². The van der Waals surface area contributed by atoms with E-state index in [1.54, 1.807) is 12.1 Å². The van der Waals surface area contributed by atoms with E-state index in [0.717, 1.165) is 0 Å². The lowest BCUT2D eigenvalue weighted by atomic mass is 10.0. The lowest BCUT2D eigenvalue weighted by Crippen LogP contribution is -1.88. The van der Waals surface area contributed by atoms with Crippen LogP contribution in [0.15, 0.2) is 35.0 Å². The number of halogens is 1. The topological polar surface area (TPSA) is 93.6 Å². The largest absolute Gasteiger partial charge is 0.367 e. The number of rotatable bonds is 2. The van der Waals surface area contributed by atoms with E-state index >= 15 is 0 Å². The smallest absolute Gasteiger partial charge is 0.230 e. The second-order valence-electron chi connectivity index (χ2n) is 3.64. The highest BCUT2D eigenvalue weighted by Crippen LogP contribution is 2.35. The highest BCUT2D eigenvalue weighted by Gasteiger charge is 2.19. The maximum Gasteiger partial charge on any atom is 0.230 e. The fourth-order valence-corrected chi connectivity index (χ4v) is 1.72. The Morgan fingerprint density at radius 3 is 2.94 bits per heavy atom. The van der Waals surface area contributed by atoms with Crippen molar-refractivity contribution in [3.8, 4) is 22.5 Å². The van der Waals surface area contributed by atoms with Gasteiger partial charge in [0, 0.05) is 0 Å². The first-order valence-electron chi connectivity index (χ1n) is 5.13. The first-order chi connectivity index (χ1) is 8.75. The molecule has 3 rings (SSSR count). The molecule has 0 saturated carbocycles. The molecular formula is C11H8FN5O. The van der Waals surface area contributed by atoms with Crippen molar-refractivity contribution >= 4 is 5.88 Å². The minimum Gasteiger partial charge on any atom is -0.367 e. The van der Waals surface area contributed by atoms with E-state index in [9.17, 15) is 4.39 Å². The molecule has 0 spiro atoms. The van der Waals surface area contributed by atoms with Crippen molar-refractivity contribution in [2.45, 2.75) is 0 Å². The molecule has 2 heterocycles. The zero-order chi connectivity index (χ0) is 12.5. The van der Waals surface area contributed by atoms with Gasteiger partial charge in [-0.15, -0.1) is 0 Å². The lowest BCUT2D eigenvalue weighted by Gasteiger charge is -2.00. The van der Waals surface area contributed by atoms with Crippen molar-refractivity contribution in [2.24, 2.45) is 0 Å². The average Bonchev–Trinajstić information content (AvgIpc) is 2.97. The minimum atomic E-state index is -0.362. The lowest BCUT2D eigenvalue weighted by molar-refractivity contribution is 0.439. The minimum absolute atomic E-state index is 0.110. The molecule has 90 valence electrons. The van der Waals surface area contributed by atoms with E-state index in [1.165, 1.54) is 18.3 Å². The molecular weight excluding hydrogens is 237 g/mol. The maximum absolute atomic E-state index is 13.2. The monoisotopic (exact) mass is 245 g/mol. The molecule has 0 saturated heterocycles. The first kappa shape index (κ1) is 10.5. The predicted molar refractivity (Wildman–Crippen MR) is 61.7 cm³/mol. The van der Waals surface area contributed by atoms with E-state index in [2.05, 4.69) is 20.6 Å². The van der Waals surface area contributed by atoms with Crippen LogP contribution in [0.25, 0.3) is 22.5 Å². The summed E-state index contributed by atoms with van der Waals surface area (Å²) < 4.78 is 18.2. The van der Waals surface area contributed by atoms with Gasteiger partial charge in [-0.05, 0) is 17.7 Å². The Morgan fingerprint density at radius 2 is 2.22 bits per heavy atom. The Morgan fingerprint density at radius 1 is 1.33 bits per heavy atom. The number of aromatic amines is 1. The number of H-pyrrole nitrogens is 1. The fourth-order valence-electron chi connectivity index (χ4n) is 1.72. The van der Waals surface area contributed by atoms with Crippen molar-refractivity contribution in [2.75, 3.05) is 5.73 Å². The summed E-state index contributed by atoms with van der Waals surface area (Å²) in [6, 6.07) is 6.01. The summed E-state index contributed by atoms with van der Waals surface area (Å²) in [7, 11) is 0. The van der Waals surface area contributed by atoms with Crippen LogP contribution in [-0.2, 0) is 0 Å². The van der Waals surface area contributed by atoms with Gasteiger partial charge in [0.15, 0.2) is 0 Å². The number of nitrogens with one attached hydrogen (secondary N) is 1. The van der Waals surface area contributed by atoms with Crippen molar-refractivity contribution in [3.63, 3.8) is 0 Å². The summed E-state index contributed by atoms with van der Waals surface area (Å²) in [6.07, 6.45) is 1.49. The third-order valence-corrected chi connectivity index (χ3v) is 2.49. The Hall–Kier alpha value is -2.70. The van der Waals surface area contributed by atoms with E-state index in [4.69, 9.17) is 10.3 Å². The van der Waals surface area contributed by atoms with Crippen molar-refractivity contribution < 1.29 is 8.91 Å². The number of nitrogen functional groups attached to an aromatic ring is 1. The van der Waals surface area contributed by atoms with Gasteiger partial charge in [-0.1, -0.05) is 17.3 Å². The molecule has 2 aromatic heterocycles. The summed E-state index contributed by atoms with van der Waals surface area (Å²) in [5.41, 5.74) is 7.70. The molecule has 0 bridgehead atoms. The molecule has 0 aliphatic carbocycles. The molecule has 1 aromatic carbocycles. The van der Waals surface area contributed by atoms with E-state index in [-0.39, 0.29) is 11.7 Å². The van der Waals surface area contributed by atoms with E-state index < -0.39 is 0 Å². The Kier molecular flexibility index (Phi) is 2.30. The predicted octanol–water partition coefficient (Wildman–Crippen LogP) is 1.85. The summed E-state index contributed by atoms with van der Waals surface area (Å²) >= 11 is 0. The quantitative estimate of drug-likeness (QED) is 0.718. The Labute approximate surface area is 101 Å². The summed E-state index contributed by atoms with van der Waals surface area (Å²) in [4.78, 5) is 0. The van der Waals surface area contributed by atoms with Crippen LogP contribution >= 0.6 is 0 Å². The molecule has 18 heavy (non-hydrogen) atoms. The van der Waals surface area contributed by atoms with E-state index in [1.807, 2.05) is 0 Å². The Balaban J connectivity index is 2.20. The van der Waals surface area contributed by atoms with Crippen LogP contribution in [0.1, 0.15) is 0 Å². The molecule has 7 heteroatoms. The van der Waals surface area contributed by atoms with Crippen LogP contribution in [0.3, 0.4) is 0 Å².